The first kappa shape index (κ1) is 14.3. The molecule has 1 fully saturated rings. The SMILES string of the molecule is COC(=O)[C@H](Cc1cnc[nH]1)NC(=O)NC1CCOC1. The highest BCUT2D eigenvalue weighted by Gasteiger charge is 2.24. The molecule has 8 nitrogen and oxygen atoms in total. The molecule has 1 unspecified atom stereocenters. The van der Waals surface area contributed by atoms with E-state index in [1.54, 1.807) is 6.20 Å². The fourth-order valence-corrected chi connectivity index (χ4v) is 1.99. The lowest BCUT2D eigenvalue weighted by Crippen LogP contribution is -2.50. The average molecular weight is 282 g/mol. The summed E-state index contributed by atoms with van der Waals surface area (Å²) >= 11 is 0. The van der Waals surface area contributed by atoms with Crippen LogP contribution in [0.4, 0.5) is 4.79 Å². The Morgan fingerprint density at radius 2 is 2.50 bits per heavy atom. The number of esters is 1. The van der Waals surface area contributed by atoms with Gasteiger partial charge in [-0.3, -0.25) is 0 Å². The molecule has 1 saturated heterocycles. The Bertz CT molecular complexity index is 442. The first-order valence-electron chi connectivity index (χ1n) is 6.39. The number of hydrogen-bond acceptors (Lipinski definition) is 5. The van der Waals surface area contributed by atoms with Crippen molar-refractivity contribution in [2.75, 3.05) is 20.3 Å². The number of hydrogen-bond donors (Lipinski definition) is 3. The topological polar surface area (TPSA) is 105 Å². The minimum absolute atomic E-state index is 0.0135. The molecule has 1 aromatic heterocycles. The number of aromatic amines is 1. The maximum absolute atomic E-state index is 11.8. The molecule has 3 N–H and O–H groups in total. The van der Waals surface area contributed by atoms with Crippen LogP contribution in [0, 0.1) is 0 Å². The van der Waals surface area contributed by atoms with Crippen LogP contribution in [0.15, 0.2) is 12.5 Å². The number of urea groups is 1. The van der Waals surface area contributed by atoms with Crippen molar-refractivity contribution in [2.24, 2.45) is 0 Å². The number of amides is 2. The Balaban J connectivity index is 1.89. The smallest absolute Gasteiger partial charge is 0.328 e. The number of imidazole rings is 1. The van der Waals surface area contributed by atoms with Gasteiger partial charge in [0.15, 0.2) is 0 Å². The number of methoxy groups -OCH3 is 1. The van der Waals surface area contributed by atoms with Gasteiger partial charge in [-0.25, -0.2) is 14.6 Å². The number of nitrogens with one attached hydrogen (secondary N) is 3. The molecular weight excluding hydrogens is 264 g/mol. The van der Waals surface area contributed by atoms with E-state index in [1.165, 1.54) is 13.4 Å². The quantitative estimate of drug-likeness (QED) is 0.636. The van der Waals surface area contributed by atoms with Crippen LogP contribution < -0.4 is 10.6 Å². The van der Waals surface area contributed by atoms with Crippen LogP contribution in [0.3, 0.4) is 0 Å². The summed E-state index contributed by atoms with van der Waals surface area (Å²) in [7, 11) is 1.28. The van der Waals surface area contributed by atoms with Crippen molar-refractivity contribution < 1.29 is 19.1 Å². The van der Waals surface area contributed by atoms with Gasteiger partial charge in [0.1, 0.15) is 6.04 Å². The summed E-state index contributed by atoms with van der Waals surface area (Å²) in [4.78, 5) is 30.3. The Hall–Kier alpha value is -2.09. The molecule has 2 atom stereocenters. The largest absolute Gasteiger partial charge is 0.467 e. The molecule has 0 bridgehead atoms. The van der Waals surface area contributed by atoms with Gasteiger partial charge in [-0.05, 0) is 6.42 Å². The lowest BCUT2D eigenvalue weighted by atomic mass is 10.1. The van der Waals surface area contributed by atoms with Gasteiger partial charge in [0, 0.05) is 24.9 Å². The number of carbonyl (C=O) groups is 2. The zero-order chi connectivity index (χ0) is 14.4. The summed E-state index contributed by atoms with van der Waals surface area (Å²) < 4.78 is 9.86. The van der Waals surface area contributed by atoms with Crippen LogP contribution in [0.25, 0.3) is 0 Å². The van der Waals surface area contributed by atoms with E-state index < -0.39 is 18.0 Å². The summed E-state index contributed by atoms with van der Waals surface area (Å²) in [6, 6.07) is -1.18. The van der Waals surface area contributed by atoms with E-state index >= 15 is 0 Å². The summed E-state index contributed by atoms with van der Waals surface area (Å²) in [6.45, 7) is 1.14. The molecule has 1 aliphatic rings. The van der Waals surface area contributed by atoms with Crippen LogP contribution >= 0.6 is 0 Å². The Labute approximate surface area is 116 Å². The number of ether oxygens (including phenoxy) is 2. The van der Waals surface area contributed by atoms with Gasteiger partial charge in [-0.15, -0.1) is 0 Å². The molecule has 0 aromatic carbocycles. The predicted molar refractivity (Wildman–Crippen MR) is 69.0 cm³/mol. The van der Waals surface area contributed by atoms with Gasteiger partial charge in [-0.2, -0.15) is 0 Å². The molecule has 2 rings (SSSR count). The second kappa shape index (κ2) is 6.90. The van der Waals surface area contributed by atoms with Crippen LogP contribution in [-0.4, -0.2) is 54.4 Å². The molecular formula is C12H18N4O4. The van der Waals surface area contributed by atoms with E-state index in [-0.39, 0.29) is 6.04 Å². The van der Waals surface area contributed by atoms with Crippen molar-refractivity contribution in [3.8, 4) is 0 Å². The molecule has 0 radical (unpaired) electrons. The molecule has 0 saturated carbocycles. The normalized spacial score (nSPS) is 19.4. The van der Waals surface area contributed by atoms with E-state index in [2.05, 4.69) is 20.6 Å². The minimum Gasteiger partial charge on any atom is -0.467 e. The molecule has 2 amide bonds. The number of rotatable bonds is 5. The van der Waals surface area contributed by atoms with E-state index in [4.69, 9.17) is 9.47 Å². The second-order valence-electron chi connectivity index (χ2n) is 4.54. The molecule has 1 aromatic rings. The van der Waals surface area contributed by atoms with Crippen molar-refractivity contribution >= 4 is 12.0 Å². The van der Waals surface area contributed by atoms with Gasteiger partial charge < -0.3 is 25.1 Å². The second-order valence-corrected chi connectivity index (χ2v) is 4.54. The zero-order valence-corrected chi connectivity index (χ0v) is 11.2. The monoisotopic (exact) mass is 282 g/mol. The van der Waals surface area contributed by atoms with E-state index in [0.29, 0.717) is 19.6 Å². The first-order valence-corrected chi connectivity index (χ1v) is 6.39. The first-order chi connectivity index (χ1) is 9.69. The fourth-order valence-electron chi connectivity index (χ4n) is 1.99. The highest BCUT2D eigenvalue weighted by atomic mass is 16.5. The maximum atomic E-state index is 11.8. The summed E-state index contributed by atoms with van der Waals surface area (Å²) in [5.74, 6) is -0.502. The third kappa shape index (κ3) is 3.95. The molecule has 0 aliphatic carbocycles. The van der Waals surface area contributed by atoms with Crippen molar-refractivity contribution in [3.63, 3.8) is 0 Å². The van der Waals surface area contributed by atoms with Gasteiger partial charge in [0.25, 0.3) is 0 Å². The zero-order valence-electron chi connectivity index (χ0n) is 11.2. The molecule has 0 spiro atoms. The maximum Gasteiger partial charge on any atom is 0.328 e. The van der Waals surface area contributed by atoms with Gasteiger partial charge in [-0.1, -0.05) is 0 Å². The van der Waals surface area contributed by atoms with E-state index in [1.807, 2.05) is 0 Å². The molecule has 2 heterocycles. The third-order valence-corrected chi connectivity index (χ3v) is 3.03. The van der Waals surface area contributed by atoms with Crippen molar-refractivity contribution in [3.05, 3.63) is 18.2 Å². The lowest BCUT2D eigenvalue weighted by molar-refractivity contribution is -0.142. The van der Waals surface area contributed by atoms with E-state index in [0.717, 1.165) is 12.1 Å². The van der Waals surface area contributed by atoms with Crippen molar-refractivity contribution in [2.45, 2.75) is 24.9 Å². The molecule has 1 aliphatic heterocycles. The van der Waals surface area contributed by atoms with Crippen LogP contribution in [0.5, 0.6) is 0 Å². The van der Waals surface area contributed by atoms with Gasteiger partial charge in [0.05, 0.1) is 26.1 Å². The minimum atomic E-state index is -0.761. The van der Waals surface area contributed by atoms with Crippen LogP contribution in [-0.2, 0) is 20.7 Å². The molecule has 20 heavy (non-hydrogen) atoms. The van der Waals surface area contributed by atoms with Gasteiger partial charge >= 0.3 is 12.0 Å². The fraction of sp³-hybridized carbons (Fsp3) is 0.583. The van der Waals surface area contributed by atoms with Crippen molar-refractivity contribution in [1.82, 2.24) is 20.6 Å². The number of carbonyl (C=O) groups excluding carboxylic acids is 2. The molecule has 8 heteroatoms. The molecule has 110 valence electrons. The van der Waals surface area contributed by atoms with Crippen molar-refractivity contribution in [1.29, 1.82) is 0 Å². The van der Waals surface area contributed by atoms with Gasteiger partial charge in [0.2, 0.25) is 0 Å². The van der Waals surface area contributed by atoms with Crippen LogP contribution in [0.1, 0.15) is 12.1 Å². The number of H-pyrrole nitrogens is 1. The average Bonchev–Trinajstić information content (AvgIpc) is 3.10. The Morgan fingerprint density at radius 3 is 3.10 bits per heavy atom. The number of aromatic nitrogens is 2. The summed E-state index contributed by atoms with van der Waals surface area (Å²) in [6.07, 6.45) is 4.18. The standard InChI is InChI=1S/C12H18N4O4/c1-19-11(17)10(4-9-5-13-7-14-9)16-12(18)15-8-2-3-20-6-8/h5,7-8,10H,2-4,6H2,1H3,(H,13,14)(H2,15,16,18)/t8?,10-/m0/s1. The van der Waals surface area contributed by atoms with Crippen LogP contribution in [0.2, 0.25) is 0 Å². The highest BCUT2D eigenvalue weighted by molar-refractivity contribution is 5.83. The predicted octanol–water partition coefficient (Wildman–Crippen LogP) is -0.418. The summed E-state index contributed by atoms with van der Waals surface area (Å²) in [5.41, 5.74) is 0.741. The Kier molecular flexibility index (Phi) is 4.94. The van der Waals surface area contributed by atoms with E-state index in [9.17, 15) is 9.59 Å². The third-order valence-electron chi connectivity index (χ3n) is 3.03. The lowest BCUT2D eigenvalue weighted by Gasteiger charge is -2.18. The number of nitrogens with zero attached hydrogens (tertiary/aromatic N) is 1. The summed E-state index contributed by atoms with van der Waals surface area (Å²) in [5, 5.41) is 5.36. The Morgan fingerprint density at radius 1 is 1.65 bits per heavy atom. The highest BCUT2D eigenvalue weighted by Crippen LogP contribution is 2.04.